The van der Waals surface area contributed by atoms with Gasteiger partial charge in [-0.25, -0.2) is 4.98 Å². The van der Waals surface area contributed by atoms with Crippen LogP contribution in [0.3, 0.4) is 0 Å². The molecule has 1 aliphatic heterocycles. The van der Waals surface area contributed by atoms with E-state index in [1.54, 1.807) is 11.0 Å². The first kappa shape index (κ1) is 19.2. The highest BCUT2D eigenvalue weighted by Gasteiger charge is 2.30. The molecule has 0 bridgehead atoms. The molecule has 1 amide bonds. The SMILES string of the molecule is O=C(C(=Cc1cccc(C(F)(F)F)c1)c1nc2ccccc2[nH]1)N1CCOCC1. The van der Waals surface area contributed by atoms with Crippen molar-refractivity contribution in [1.82, 2.24) is 14.9 Å². The summed E-state index contributed by atoms with van der Waals surface area (Å²) in [6, 6.07) is 12.2. The number of alkyl halides is 3. The van der Waals surface area contributed by atoms with Gasteiger partial charge in [-0.3, -0.25) is 4.79 Å². The first-order chi connectivity index (χ1) is 13.9. The average Bonchev–Trinajstić information content (AvgIpc) is 3.16. The fourth-order valence-electron chi connectivity index (χ4n) is 3.22. The van der Waals surface area contributed by atoms with Gasteiger partial charge < -0.3 is 14.6 Å². The predicted molar refractivity (Wildman–Crippen MR) is 103 cm³/mol. The lowest BCUT2D eigenvalue weighted by Gasteiger charge is -2.27. The number of morpholine rings is 1. The van der Waals surface area contributed by atoms with Crippen molar-refractivity contribution in [3.05, 3.63) is 65.5 Å². The van der Waals surface area contributed by atoms with Crippen molar-refractivity contribution < 1.29 is 22.7 Å². The molecule has 0 atom stereocenters. The summed E-state index contributed by atoms with van der Waals surface area (Å²) in [6.07, 6.45) is -3.01. The van der Waals surface area contributed by atoms with Crippen LogP contribution < -0.4 is 0 Å². The number of halogens is 3. The molecule has 4 rings (SSSR count). The second-order valence-corrected chi connectivity index (χ2v) is 6.69. The van der Waals surface area contributed by atoms with Crippen LogP contribution in [0, 0.1) is 0 Å². The number of aromatic nitrogens is 2. The van der Waals surface area contributed by atoms with E-state index in [9.17, 15) is 18.0 Å². The first-order valence-corrected chi connectivity index (χ1v) is 9.13. The van der Waals surface area contributed by atoms with Gasteiger partial charge in [0.15, 0.2) is 0 Å². The summed E-state index contributed by atoms with van der Waals surface area (Å²) < 4.78 is 44.6. The molecule has 150 valence electrons. The zero-order chi connectivity index (χ0) is 20.4. The Balaban J connectivity index is 1.79. The summed E-state index contributed by atoms with van der Waals surface area (Å²) in [4.78, 5) is 22.4. The molecule has 2 heterocycles. The number of amides is 1. The number of aromatic amines is 1. The normalized spacial score (nSPS) is 15.7. The number of para-hydroxylation sites is 2. The summed E-state index contributed by atoms with van der Waals surface area (Å²) >= 11 is 0. The molecule has 2 aromatic carbocycles. The Morgan fingerprint density at radius 2 is 1.86 bits per heavy atom. The fourth-order valence-corrected chi connectivity index (χ4v) is 3.22. The lowest BCUT2D eigenvalue weighted by molar-refractivity contribution is -0.137. The molecule has 0 radical (unpaired) electrons. The minimum Gasteiger partial charge on any atom is -0.378 e. The van der Waals surface area contributed by atoms with Crippen molar-refractivity contribution >= 4 is 28.6 Å². The van der Waals surface area contributed by atoms with Gasteiger partial charge in [0.1, 0.15) is 5.82 Å². The Bertz CT molecular complexity index is 1030. The number of rotatable bonds is 3. The highest BCUT2D eigenvalue weighted by Crippen LogP contribution is 2.30. The third kappa shape index (κ3) is 4.17. The Hall–Kier alpha value is -3.13. The number of nitrogens with one attached hydrogen (secondary N) is 1. The van der Waals surface area contributed by atoms with Gasteiger partial charge in [0.05, 0.1) is 35.4 Å². The molecule has 0 spiro atoms. The zero-order valence-electron chi connectivity index (χ0n) is 15.4. The number of hydrogen-bond donors (Lipinski definition) is 1. The topological polar surface area (TPSA) is 58.2 Å². The van der Waals surface area contributed by atoms with Crippen LogP contribution in [0.25, 0.3) is 22.7 Å². The zero-order valence-corrected chi connectivity index (χ0v) is 15.4. The standard InChI is InChI=1S/C21H18F3N3O2/c22-21(23,24)15-5-3-4-14(12-15)13-16(20(28)27-8-10-29-11-9-27)19-25-17-6-1-2-7-18(17)26-19/h1-7,12-13H,8-11H2,(H,25,26). The maximum Gasteiger partial charge on any atom is 0.416 e. The van der Waals surface area contributed by atoms with E-state index in [4.69, 9.17) is 4.74 Å². The Labute approximate surface area is 164 Å². The van der Waals surface area contributed by atoms with Crippen molar-refractivity contribution in [2.75, 3.05) is 26.3 Å². The van der Waals surface area contributed by atoms with E-state index in [0.717, 1.165) is 17.6 Å². The summed E-state index contributed by atoms with van der Waals surface area (Å²) in [6.45, 7) is 1.67. The molecule has 1 aromatic heterocycles. The van der Waals surface area contributed by atoms with Crippen LogP contribution in [0.5, 0.6) is 0 Å². The highest BCUT2D eigenvalue weighted by atomic mass is 19.4. The Morgan fingerprint density at radius 1 is 1.10 bits per heavy atom. The maximum atomic E-state index is 13.2. The minimum atomic E-state index is -4.46. The van der Waals surface area contributed by atoms with Crippen molar-refractivity contribution in [2.24, 2.45) is 0 Å². The van der Waals surface area contributed by atoms with Crippen LogP contribution in [0.2, 0.25) is 0 Å². The van der Waals surface area contributed by atoms with Crippen molar-refractivity contribution in [1.29, 1.82) is 0 Å². The van der Waals surface area contributed by atoms with Crippen LogP contribution in [0.1, 0.15) is 17.0 Å². The average molecular weight is 401 g/mol. The first-order valence-electron chi connectivity index (χ1n) is 9.13. The molecule has 3 aromatic rings. The summed E-state index contributed by atoms with van der Waals surface area (Å²) in [5.41, 5.74) is 1.13. The number of carbonyl (C=O) groups excluding carboxylic acids is 1. The molecule has 1 N–H and O–H groups in total. The van der Waals surface area contributed by atoms with Gasteiger partial charge in [-0.15, -0.1) is 0 Å². The van der Waals surface area contributed by atoms with Crippen molar-refractivity contribution in [3.8, 4) is 0 Å². The number of benzene rings is 2. The second kappa shape index (κ2) is 7.71. The number of hydrogen-bond acceptors (Lipinski definition) is 3. The van der Waals surface area contributed by atoms with Gasteiger partial charge in [0.25, 0.3) is 5.91 Å². The summed E-state index contributed by atoms with van der Waals surface area (Å²) in [7, 11) is 0. The lowest BCUT2D eigenvalue weighted by Crippen LogP contribution is -2.41. The molecule has 5 nitrogen and oxygen atoms in total. The third-order valence-corrected chi connectivity index (χ3v) is 4.70. The molecular formula is C21H18F3N3O2. The smallest absolute Gasteiger partial charge is 0.378 e. The largest absolute Gasteiger partial charge is 0.416 e. The van der Waals surface area contributed by atoms with Crippen LogP contribution in [-0.2, 0) is 15.7 Å². The fraction of sp³-hybridized carbons (Fsp3) is 0.238. The quantitative estimate of drug-likeness (QED) is 0.676. The van der Waals surface area contributed by atoms with E-state index in [2.05, 4.69) is 9.97 Å². The number of imidazole rings is 1. The molecular weight excluding hydrogens is 383 g/mol. The van der Waals surface area contributed by atoms with E-state index in [-0.39, 0.29) is 17.0 Å². The molecule has 1 saturated heterocycles. The lowest BCUT2D eigenvalue weighted by atomic mass is 10.1. The van der Waals surface area contributed by atoms with Gasteiger partial charge in [0.2, 0.25) is 0 Å². The van der Waals surface area contributed by atoms with Crippen LogP contribution in [0.15, 0.2) is 48.5 Å². The minimum absolute atomic E-state index is 0.211. The molecule has 29 heavy (non-hydrogen) atoms. The predicted octanol–water partition coefficient (Wildman–Crippen LogP) is 3.98. The van der Waals surface area contributed by atoms with Crippen molar-refractivity contribution in [3.63, 3.8) is 0 Å². The number of H-pyrrole nitrogens is 1. The van der Waals surface area contributed by atoms with Crippen LogP contribution >= 0.6 is 0 Å². The highest BCUT2D eigenvalue weighted by molar-refractivity contribution is 6.23. The number of nitrogens with zero attached hydrogens (tertiary/aromatic N) is 2. The Kier molecular flexibility index (Phi) is 5.10. The number of fused-ring (bicyclic) bond motifs is 1. The molecule has 0 unspecified atom stereocenters. The van der Waals surface area contributed by atoms with Gasteiger partial charge in [-0.05, 0) is 35.9 Å². The van der Waals surface area contributed by atoms with Gasteiger partial charge in [0, 0.05) is 13.1 Å². The summed E-state index contributed by atoms with van der Waals surface area (Å²) in [5, 5.41) is 0. The monoisotopic (exact) mass is 401 g/mol. The maximum absolute atomic E-state index is 13.2. The molecule has 1 aliphatic rings. The van der Waals surface area contributed by atoms with E-state index in [0.29, 0.717) is 37.6 Å². The van der Waals surface area contributed by atoms with E-state index in [1.807, 2.05) is 18.2 Å². The van der Waals surface area contributed by atoms with Gasteiger partial charge in [-0.2, -0.15) is 13.2 Å². The molecule has 1 fully saturated rings. The van der Waals surface area contributed by atoms with E-state index >= 15 is 0 Å². The molecule has 0 saturated carbocycles. The van der Waals surface area contributed by atoms with Gasteiger partial charge >= 0.3 is 6.18 Å². The molecule has 0 aliphatic carbocycles. The second-order valence-electron chi connectivity index (χ2n) is 6.69. The van der Waals surface area contributed by atoms with Crippen LogP contribution in [0.4, 0.5) is 13.2 Å². The number of ether oxygens (including phenoxy) is 1. The summed E-state index contributed by atoms with van der Waals surface area (Å²) in [5.74, 6) is 0.0184. The van der Waals surface area contributed by atoms with Crippen molar-refractivity contribution in [2.45, 2.75) is 6.18 Å². The number of carbonyl (C=O) groups is 1. The van der Waals surface area contributed by atoms with Gasteiger partial charge in [-0.1, -0.05) is 24.3 Å². The van der Waals surface area contributed by atoms with Crippen LogP contribution in [-0.4, -0.2) is 47.1 Å². The molecule has 8 heteroatoms. The van der Waals surface area contributed by atoms with E-state index < -0.39 is 11.7 Å². The Morgan fingerprint density at radius 3 is 2.59 bits per heavy atom. The third-order valence-electron chi connectivity index (χ3n) is 4.70. The van der Waals surface area contributed by atoms with E-state index in [1.165, 1.54) is 18.2 Å².